The van der Waals surface area contributed by atoms with Crippen LogP contribution in [0.15, 0.2) is 36.5 Å². The molecule has 0 radical (unpaired) electrons. The summed E-state index contributed by atoms with van der Waals surface area (Å²) < 4.78 is 0. The molecule has 1 heterocycles. The standard InChI is InChI=1S/C15H17NO3S/c1-10(17)20-9-7-14(18)15(19)12-6-8-16-13-5-3-2-4-11(12)13/h2-6,8,14-15,18-19H,7,9H2,1H3. The predicted octanol–water partition coefficient (Wildman–Crippen LogP) is 2.30. The van der Waals surface area contributed by atoms with E-state index in [2.05, 4.69) is 4.98 Å². The van der Waals surface area contributed by atoms with E-state index in [1.165, 1.54) is 6.92 Å². The highest BCUT2D eigenvalue weighted by Gasteiger charge is 2.20. The number of thioether (sulfide) groups is 1. The molecule has 20 heavy (non-hydrogen) atoms. The lowest BCUT2D eigenvalue weighted by Crippen LogP contribution is -2.19. The molecule has 5 heteroatoms. The second-order valence-electron chi connectivity index (χ2n) is 4.56. The molecule has 2 atom stereocenters. The summed E-state index contributed by atoms with van der Waals surface area (Å²) >= 11 is 1.15. The van der Waals surface area contributed by atoms with Crippen molar-refractivity contribution >= 4 is 27.8 Å². The Morgan fingerprint density at radius 2 is 2.05 bits per heavy atom. The molecule has 4 nitrogen and oxygen atoms in total. The van der Waals surface area contributed by atoms with Gasteiger partial charge < -0.3 is 10.2 Å². The summed E-state index contributed by atoms with van der Waals surface area (Å²) in [5, 5.41) is 21.2. The highest BCUT2D eigenvalue weighted by Crippen LogP contribution is 2.26. The number of carbonyl (C=O) groups is 1. The van der Waals surface area contributed by atoms with Crippen molar-refractivity contribution in [3.05, 3.63) is 42.1 Å². The lowest BCUT2D eigenvalue weighted by Gasteiger charge is -2.19. The molecule has 1 aromatic heterocycles. The number of nitrogens with zero attached hydrogens (tertiary/aromatic N) is 1. The SMILES string of the molecule is CC(=O)SCCC(O)C(O)c1ccnc2ccccc12. The highest BCUT2D eigenvalue weighted by atomic mass is 32.2. The minimum Gasteiger partial charge on any atom is -0.390 e. The number of carbonyl (C=O) groups excluding carboxylic acids is 1. The minimum atomic E-state index is -0.976. The van der Waals surface area contributed by atoms with Gasteiger partial charge in [-0.25, -0.2) is 0 Å². The number of benzene rings is 1. The van der Waals surface area contributed by atoms with Crippen molar-refractivity contribution in [3.8, 4) is 0 Å². The molecule has 0 amide bonds. The van der Waals surface area contributed by atoms with Gasteiger partial charge in [0.1, 0.15) is 6.10 Å². The molecule has 2 N–H and O–H groups in total. The van der Waals surface area contributed by atoms with E-state index >= 15 is 0 Å². The van der Waals surface area contributed by atoms with Gasteiger partial charge in [0.05, 0.1) is 11.6 Å². The van der Waals surface area contributed by atoms with E-state index < -0.39 is 12.2 Å². The Morgan fingerprint density at radius 1 is 1.30 bits per heavy atom. The average Bonchev–Trinajstić information content (AvgIpc) is 2.45. The van der Waals surface area contributed by atoms with Crippen LogP contribution in [0.25, 0.3) is 10.9 Å². The number of aliphatic hydroxyl groups excluding tert-OH is 2. The number of pyridine rings is 1. The van der Waals surface area contributed by atoms with Crippen LogP contribution in [0.4, 0.5) is 0 Å². The highest BCUT2D eigenvalue weighted by molar-refractivity contribution is 8.13. The summed E-state index contributed by atoms with van der Waals surface area (Å²) in [5.74, 6) is 0.497. The minimum absolute atomic E-state index is 0.0149. The number of hydrogen-bond donors (Lipinski definition) is 2. The fourth-order valence-electron chi connectivity index (χ4n) is 2.06. The van der Waals surface area contributed by atoms with Gasteiger partial charge in [-0.05, 0) is 24.1 Å². The van der Waals surface area contributed by atoms with Crippen molar-refractivity contribution in [1.29, 1.82) is 0 Å². The molecule has 0 spiro atoms. The normalized spacial score (nSPS) is 14.2. The quantitative estimate of drug-likeness (QED) is 0.884. The van der Waals surface area contributed by atoms with Crippen LogP contribution in [0, 0.1) is 0 Å². The molecule has 2 aromatic rings. The largest absolute Gasteiger partial charge is 0.390 e. The third-order valence-electron chi connectivity index (χ3n) is 3.08. The summed E-state index contributed by atoms with van der Waals surface area (Å²) in [6.45, 7) is 1.49. The molecule has 106 valence electrons. The first-order chi connectivity index (χ1) is 9.59. The molecule has 0 bridgehead atoms. The second-order valence-corrected chi connectivity index (χ2v) is 5.83. The Kier molecular flexibility index (Phi) is 5.11. The molecule has 1 aromatic carbocycles. The van der Waals surface area contributed by atoms with Gasteiger partial charge in [0.15, 0.2) is 5.12 Å². The Morgan fingerprint density at radius 3 is 2.80 bits per heavy atom. The van der Waals surface area contributed by atoms with Crippen LogP contribution in [-0.2, 0) is 4.79 Å². The van der Waals surface area contributed by atoms with E-state index in [4.69, 9.17) is 0 Å². The summed E-state index contributed by atoms with van der Waals surface area (Å²) in [4.78, 5) is 15.1. The molecule has 2 rings (SSSR count). The van der Waals surface area contributed by atoms with E-state index in [0.717, 1.165) is 22.7 Å². The van der Waals surface area contributed by atoms with Gasteiger partial charge in [0.2, 0.25) is 0 Å². The van der Waals surface area contributed by atoms with Gasteiger partial charge in [-0.2, -0.15) is 0 Å². The first kappa shape index (κ1) is 15.0. The van der Waals surface area contributed by atoms with E-state index in [-0.39, 0.29) is 5.12 Å². The van der Waals surface area contributed by atoms with Crippen molar-refractivity contribution in [1.82, 2.24) is 4.98 Å². The van der Waals surface area contributed by atoms with Crippen molar-refractivity contribution in [3.63, 3.8) is 0 Å². The molecular formula is C15H17NO3S. The number of fused-ring (bicyclic) bond motifs is 1. The first-order valence-electron chi connectivity index (χ1n) is 6.42. The van der Waals surface area contributed by atoms with Crippen molar-refractivity contribution in [2.75, 3.05) is 5.75 Å². The number of para-hydroxylation sites is 1. The molecule has 2 unspecified atom stereocenters. The molecule has 0 aliphatic rings. The zero-order valence-corrected chi connectivity index (χ0v) is 12.0. The van der Waals surface area contributed by atoms with E-state index in [0.29, 0.717) is 17.7 Å². The molecule has 0 fully saturated rings. The Balaban J connectivity index is 2.14. The van der Waals surface area contributed by atoms with Gasteiger partial charge in [0.25, 0.3) is 0 Å². The summed E-state index contributed by atoms with van der Waals surface area (Å²) in [6.07, 6.45) is 0.114. The third-order valence-corrected chi connectivity index (χ3v) is 3.93. The van der Waals surface area contributed by atoms with Crippen LogP contribution in [0.5, 0.6) is 0 Å². The maximum absolute atomic E-state index is 10.9. The first-order valence-corrected chi connectivity index (χ1v) is 7.41. The van der Waals surface area contributed by atoms with Crippen LogP contribution >= 0.6 is 11.8 Å². The van der Waals surface area contributed by atoms with Crippen molar-refractivity contribution in [2.24, 2.45) is 0 Å². The zero-order chi connectivity index (χ0) is 14.5. The summed E-state index contributed by atoms with van der Waals surface area (Å²) in [7, 11) is 0. The fraction of sp³-hybridized carbons (Fsp3) is 0.333. The van der Waals surface area contributed by atoms with Gasteiger partial charge in [-0.3, -0.25) is 9.78 Å². The van der Waals surface area contributed by atoms with Crippen LogP contribution in [-0.4, -0.2) is 32.2 Å². The predicted molar refractivity (Wildman–Crippen MR) is 80.5 cm³/mol. The maximum atomic E-state index is 10.9. The number of rotatable bonds is 5. The van der Waals surface area contributed by atoms with Gasteiger partial charge in [-0.15, -0.1) is 0 Å². The number of aromatic nitrogens is 1. The maximum Gasteiger partial charge on any atom is 0.185 e. The monoisotopic (exact) mass is 291 g/mol. The summed E-state index contributed by atoms with van der Waals surface area (Å²) in [6, 6.07) is 9.21. The van der Waals surface area contributed by atoms with Crippen molar-refractivity contribution in [2.45, 2.75) is 25.6 Å². The van der Waals surface area contributed by atoms with Crippen LogP contribution in [0.3, 0.4) is 0 Å². The lowest BCUT2D eigenvalue weighted by molar-refractivity contribution is -0.109. The fourth-order valence-corrected chi connectivity index (χ4v) is 2.71. The van der Waals surface area contributed by atoms with Crippen LogP contribution < -0.4 is 0 Å². The van der Waals surface area contributed by atoms with E-state index in [1.807, 2.05) is 24.3 Å². The van der Waals surface area contributed by atoms with Crippen LogP contribution in [0.1, 0.15) is 25.0 Å². The van der Waals surface area contributed by atoms with E-state index in [1.54, 1.807) is 12.3 Å². The topological polar surface area (TPSA) is 70.4 Å². The Hall–Kier alpha value is -1.43. The lowest BCUT2D eigenvalue weighted by atomic mass is 9.99. The molecule has 0 aliphatic heterocycles. The average molecular weight is 291 g/mol. The molecule has 0 aliphatic carbocycles. The van der Waals surface area contributed by atoms with Crippen LogP contribution in [0.2, 0.25) is 0 Å². The Bertz CT molecular complexity index is 597. The second kappa shape index (κ2) is 6.83. The molecule has 0 saturated carbocycles. The van der Waals surface area contributed by atoms with Gasteiger partial charge in [-0.1, -0.05) is 30.0 Å². The van der Waals surface area contributed by atoms with E-state index in [9.17, 15) is 15.0 Å². The number of hydrogen-bond acceptors (Lipinski definition) is 5. The smallest absolute Gasteiger partial charge is 0.185 e. The summed E-state index contributed by atoms with van der Waals surface area (Å²) in [5.41, 5.74) is 1.45. The van der Waals surface area contributed by atoms with Gasteiger partial charge >= 0.3 is 0 Å². The molecular weight excluding hydrogens is 274 g/mol. The van der Waals surface area contributed by atoms with Gasteiger partial charge in [0, 0.05) is 24.3 Å². The number of aliphatic hydroxyl groups is 2. The zero-order valence-electron chi connectivity index (χ0n) is 11.2. The third kappa shape index (κ3) is 3.56. The molecule has 0 saturated heterocycles. The van der Waals surface area contributed by atoms with Crippen molar-refractivity contribution < 1.29 is 15.0 Å². The Labute approximate surface area is 121 Å².